The van der Waals surface area contributed by atoms with Gasteiger partial charge in [0.1, 0.15) is 5.78 Å². The predicted molar refractivity (Wildman–Crippen MR) is 89.0 cm³/mol. The Morgan fingerprint density at radius 1 is 0.957 bits per heavy atom. The summed E-state index contributed by atoms with van der Waals surface area (Å²) in [6.07, 6.45) is 11.4. The topological polar surface area (TPSA) is 51.2 Å². The fourth-order valence-electron chi connectivity index (χ4n) is 5.52. The van der Waals surface area contributed by atoms with Crippen LogP contribution in [0, 0.1) is 23.2 Å². The Morgan fingerprint density at radius 2 is 1.57 bits per heavy atom. The zero-order valence-electron chi connectivity index (χ0n) is 14.4. The van der Waals surface area contributed by atoms with Gasteiger partial charge >= 0.3 is 0 Å². The number of ketones is 3. The molecule has 4 rings (SSSR count). The van der Waals surface area contributed by atoms with Gasteiger partial charge in [0.05, 0.1) is 5.41 Å². The minimum Gasteiger partial charge on any atom is -0.298 e. The Bertz CT molecular complexity index is 479. The number of rotatable bonds is 9. The zero-order valence-corrected chi connectivity index (χ0v) is 14.4. The third-order valence-corrected chi connectivity index (χ3v) is 6.46. The highest BCUT2D eigenvalue weighted by Crippen LogP contribution is 2.58. The molecule has 0 radical (unpaired) electrons. The molecule has 3 nitrogen and oxygen atoms in total. The molecule has 3 heteroatoms. The van der Waals surface area contributed by atoms with Crippen LogP contribution in [-0.2, 0) is 14.4 Å². The maximum atomic E-state index is 12.8. The van der Waals surface area contributed by atoms with Crippen molar-refractivity contribution in [2.24, 2.45) is 23.2 Å². The Hall–Kier alpha value is -0.990. The van der Waals surface area contributed by atoms with E-state index in [1.807, 2.05) is 0 Å². The van der Waals surface area contributed by atoms with Crippen LogP contribution in [0.2, 0.25) is 0 Å². The van der Waals surface area contributed by atoms with Crippen LogP contribution in [0.25, 0.3) is 0 Å². The summed E-state index contributed by atoms with van der Waals surface area (Å²) in [5.41, 5.74) is -0.895. The van der Waals surface area contributed by atoms with Crippen molar-refractivity contribution in [3.63, 3.8) is 0 Å². The lowest BCUT2D eigenvalue weighted by Gasteiger charge is -2.54. The highest BCUT2D eigenvalue weighted by atomic mass is 16.2. The monoisotopic (exact) mass is 318 g/mol. The van der Waals surface area contributed by atoms with Crippen molar-refractivity contribution in [1.82, 2.24) is 0 Å². The first-order chi connectivity index (χ1) is 11.1. The van der Waals surface area contributed by atoms with Crippen LogP contribution in [0.15, 0.2) is 0 Å². The molecule has 4 fully saturated rings. The second kappa shape index (κ2) is 6.86. The number of hydrogen-bond donors (Lipinski definition) is 0. The SMILES string of the molecule is CCCCCCCCC(=O)C(=O)C12CC3CC(CC(C3)C1=O)C2. The lowest BCUT2D eigenvalue weighted by molar-refractivity contribution is -0.164. The highest BCUT2D eigenvalue weighted by Gasteiger charge is 2.61. The second-order valence-electron chi connectivity index (χ2n) is 8.26. The third kappa shape index (κ3) is 3.16. The Labute approximate surface area is 139 Å². The fraction of sp³-hybridized carbons (Fsp3) is 0.850. The molecule has 0 aromatic rings. The van der Waals surface area contributed by atoms with Gasteiger partial charge in [0.25, 0.3) is 0 Å². The number of carbonyl (C=O) groups is 3. The highest BCUT2D eigenvalue weighted by molar-refractivity contribution is 6.43. The summed E-state index contributed by atoms with van der Waals surface area (Å²) in [5.74, 6) is 0.621. The molecule has 4 aliphatic carbocycles. The Morgan fingerprint density at radius 3 is 2.22 bits per heavy atom. The van der Waals surface area contributed by atoms with E-state index in [0.29, 0.717) is 31.1 Å². The van der Waals surface area contributed by atoms with Gasteiger partial charge in [-0.1, -0.05) is 39.0 Å². The molecule has 0 aromatic heterocycles. The van der Waals surface area contributed by atoms with Gasteiger partial charge in [-0.05, 0) is 50.4 Å². The van der Waals surface area contributed by atoms with Crippen LogP contribution in [0.5, 0.6) is 0 Å². The molecule has 4 aliphatic rings. The molecule has 2 atom stereocenters. The second-order valence-corrected chi connectivity index (χ2v) is 8.26. The van der Waals surface area contributed by atoms with Crippen LogP contribution in [0.1, 0.15) is 84.0 Å². The molecular weight excluding hydrogens is 288 g/mol. The van der Waals surface area contributed by atoms with Crippen LogP contribution < -0.4 is 0 Å². The minimum atomic E-state index is -0.895. The van der Waals surface area contributed by atoms with Crippen LogP contribution in [0.4, 0.5) is 0 Å². The van der Waals surface area contributed by atoms with Gasteiger partial charge in [-0.3, -0.25) is 14.4 Å². The molecule has 0 saturated heterocycles. The van der Waals surface area contributed by atoms with E-state index in [2.05, 4.69) is 6.92 Å². The van der Waals surface area contributed by atoms with E-state index >= 15 is 0 Å². The van der Waals surface area contributed by atoms with Crippen LogP contribution in [-0.4, -0.2) is 17.3 Å². The molecular formula is C20H30O3. The summed E-state index contributed by atoms with van der Waals surface area (Å²) < 4.78 is 0. The summed E-state index contributed by atoms with van der Waals surface area (Å²) in [5, 5.41) is 0. The van der Waals surface area contributed by atoms with Gasteiger partial charge in [-0.15, -0.1) is 0 Å². The Kier molecular flexibility index (Phi) is 5.03. The maximum Gasteiger partial charge on any atom is 0.211 e. The number of unbranched alkanes of at least 4 members (excludes halogenated alkanes) is 5. The van der Waals surface area contributed by atoms with E-state index in [4.69, 9.17) is 0 Å². The van der Waals surface area contributed by atoms with Gasteiger partial charge in [-0.2, -0.15) is 0 Å². The van der Waals surface area contributed by atoms with Crippen molar-refractivity contribution in [3.05, 3.63) is 0 Å². The predicted octanol–water partition coefficient (Wildman–Crippen LogP) is 4.27. The normalized spacial score (nSPS) is 34.8. The first-order valence-corrected chi connectivity index (χ1v) is 9.68. The average molecular weight is 318 g/mol. The molecule has 4 bridgehead atoms. The lowest BCUT2D eigenvalue weighted by atomic mass is 9.47. The Balaban J connectivity index is 1.55. The first-order valence-electron chi connectivity index (χ1n) is 9.68. The molecule has 128 valence electrons. The molecule has 2 unspecified atom stereocenters. The zero-order chi connectivity index (χ0) is 16.4. The first kappa shape index (κ1) is 16.9. The average Bonchev–Trinajstić information content (AvgIpc) is 2.54. The quantitative estimate of drug-likeness (QED) is 0.362. The van der Waals surface area contributed by atoms with Gasteiger partial charge in [0.15, 0.2) is 5.78 Å². The molecule has 4 saturated carbocycles. The van der Waals surface area contributed by atoms with E-state index < -0.39 is 5.41 Å². The van der Waals surface area contributed by atoms with Crippen molar-refractivity contribution < 1.29 is 14.4 Å². The van der Waals surface area contributed by atoms with Crippen molar-refractivity contribution in [1.29, 1.82) is 0 Å². The molecule has 0 N–H and O–H groups in total. The van der Waals surface area contributed by atoms with Crippen LogP contribution in [0.3, 0.4) is 0 Å². The van der Waals surface area contributed by atoms with E-state index in [-0.39, 0.29) is 23.3 Å². The van der Waals surface area contributed by atoms with E-state index in [1.165, 1.54) is 25.7 Å². The van der Waals surface area contributed by atoms with Gasteiger partial charge in [-0.25, -0.2) is 0 Å². The van der Waals surface area contributed by atoms with Gasteiger partial charge < -0.3 is 0 Å². The summed E-state index contributed by atoms with van der Waals surface area (Å²) >= 11 is 0. The maximum absolute atomic E-state index is 12.8. The minimum absolute atomic E-state index is 0.0760. The summed E-state index contributed by atoms with van der Waals surface area (Å²) in [4.78, 5) is 37.9. The number of hydrogen-bond acceptors (Lipinski definition) is 3. The van der Waals surface area contributed by atoms with Crippen molar-refractivity contribution in [2.75, 3.05) is 0 Å². The fourth-order valence-corrected chi connectivity index (χ4v) is 5.52. The van der Waals surface area contributed by atoms with E-state index in [1.54, 1.807) is 0 Å². The largest absolute Gasteiger partial charge is 0.298 e. The summed E-state index contributed by atoms with van der Waals surface area (Å²) in [6, 6.07) is 0. The van der Waals surface area contributed by atoms with Gasteiger partial charge in [0.2, 0.25) is 5.78 Å². The molecule has 0 heterocycles. The molecule has 23 heavy (non-hydrogen) atoms. The van der Waals surface area contributed by atoms with Crippen molar-refractivity contribution in [2.45, 2.75) is 84.0 Å². The lowest BCUT2D eigenvalue weighted by Crippen LogP contribution is -2.58. The molecule has 0 aliphatic heterocycles. The molecule has 0 amide bonds. The molecule has 0 aromatic carbocycles. The van der Waals surface area contributed by atoms with E-state index in [0.717, 1.165) is 32.1 Å². The van der Waals surface area contributed by atoms with Crippen molar-refractivity contribution >= 4 is 17.3 Å². The van der Waals surface area contributed by atoms with Crippen molar-refractivity contribution in [3.8, 4) is 0 Å². The third-order valence-electron chi connectivity index (χ3n) is 6.46. The number of Topliss-reactive ketones (excluding diaryl/α,β-unsaturated/α-hetero) is 3. The smallest absolute Gasteiger partial charge is 0.211 e. The summed E-state index contributed by atoms with van der Waals surface area (Å²) in [7, 11) is 0. The van der Waals surface area contributed by atoms with Crippen LogP contribution >= 0.6 is 0 Å². The van der Waals surface area contributed by atoms with Gasteiger partial charge in [0, 0.05) is 12.3 Å². The standard InChI is InChI=1S/C20H30O3/c1-2-3-4-5-6-7-8-17(21)19(23)20-12-14-9-15(13-20)11-16(10-14)18(20)22/h14-16H,2-13H2,1H3. The van der Waals surface area contributed by atoms with E-state index in [9.17, 15) is 14.4 Å². The summed E-state index contributed by atoms with van der Waals surface area (Å²) in [6.45, 7) is 2.19. The number of carbonyl (C=O) groups excluding carboxylic acids is 3. The molecule has 0 spiro atoms.